The number of hydrogen-bond acceptors (Lipinski definition) is 1. The van der Waals surface area contributed by atoms with E-state index in [9.17, 15) is 9.18 Å². The van der Waals surface area contributed by atoms with Crippen molar-refractivity contribution in [1.29, 1.82) is 0 Å². The number of anilines is 1. The summed E-state index contributed by atoms with van der Waals surface area (Å²) in [5.74, 6) is -0.437. The molecule has 1 amide bonds. The molecule has 0 bridgehead atoms. The topological polar surface area (TPSA) is 33.5 Å². The Kier molecular flexibility index (Phi) is 5.46. The minimum atomic E-state index is -0.348. The second-order valence-corrected chi connectivity index (χ2v) is 5.18. The highest BCUT2D eigenvalue weighted by molar-refractivity contribution is 5.90. The minimum absolute atomic E-state index is 0.0898. The van der Waals surface area contributed by atoms with E-state index in [1.54, 1.807) is 12.1 Å². The molecule has 0 fully saturated rings. The van der Waals surface area contributed by atoms with Gasteiger partial charge in [0.1, 0.15) is 12.4 Å². The van der Waals surface area contributed by atoms with Gasteiger partial charge in [0.25, 0.3) is 0 Å². The lowest BCUT2D eigenvalue weighted by Gasteiger charge is -2.14. The Balaban J connectivity index is 1.76. The lowest BCUT2D eigenvalue weighted by Crippen LogP contribution is -3.07. The normalized spacial score (nSPS) is 11.9. The van der Waals surface area contributed by atoms with Gasteiger partial charge in [0.2, 0.25) is 5.91 Å². The van der Waals surface area contributed by atoms with Crippen molar-refractivity contribution in [3.8, 4) is 0 Å². The van der Waals surface area contributed by atoms with E-state index in [4.69, 9.17) is 0 Å². The van der Waals surface area contributed by atoms with Crippen LogP contribution in [0.5, 0.6) is 0 Å². The number of benzene rings is 2. The molecule has 0 saturated carbocycles. The number of amides is 1. The summed E-state index contributed by atoms with van der Waals surface area (Å²) in [6.07, 6.45) is 0.412. The summed E-state index contributed by atoms with van der Waals surface area (Å²) in [4.78, 5) is 13.1. The molecule has 0 spiro atoms. The van der Waals surface area contributed by atoms with Gasteiger partial charge in [-0.3, -0.25) is 4.79 Å². The van der Waals surface area contributed by atoms with Crippen LogP contribution in [0, 0.1) is 5.82 Å². The van der Waals surface area contributed by atoms with Gasteiger partial charge in [0, 0.05) is 11.3 Å². The third-order valence-corrected chi connectivity index (χ3v) is 3.24. The zero-order valence-electron chi connectivity index (χ0n) is 12.1. The van der Waals surface area contributed by atoms with E-state index in [0.29, 0.717) is 12.1 Å². The van der Waals surface area contributed by atoms with Crippen LogP contribution in [-0.4, -0.2) is 19.5 Å². The highest BCUT2D eigenvalue weighted by Crippen LogP contribution is 2.08. The number of hydrogen-bond donors (Lipinski definition) is 2. The van der Waals surface area contributed by atoms with Crippen molar-refractivity contribution in [3.63, 3.8) is 0 Å². The van der Waals surface area contributed by atoms with E-state index in [2.05, 4.69) is 24.5 Å². The molecule has 2 rings (SSSR count). The molecule has 0 aliphatic rings. The van der Waals surface area contributed by atoms with Gasteiger partial charge in [0.05, 0.1) is 20.0 Å². The van der Waals surface area contributed by atoms with Crippen molar-refractivity contribution < 1.29 is 14.1 Å². The fourth-order valence-electron chi connectivity index (χ4n) is 2.15. The van der Waals surface area contributed by atoms with Crippen LogP contribution in [0.3, 0.4) is 0 Å². The fraction of sp³-hybridized carbons (Fsp3) is 0.235. The molecule has 3 nitrogen and oxygen atoms in total. The van der Waals surface area contributed by atoms with E-state index in [1.807, 2.05) is 18.2 Å². The van der Waals surface area contributed by atoms with E-state index >= 15 is 0 Å². The van der Waals surface area contributed by atoms with Gasteiger partial charge in [-0.25, -0.2) is 4.39 Å². The smallest absolute Gasteiger partial charge is 0.230 e. The maximum absolute atomic E-state index is 13.0. The van der Waals surface area contributed by atoms with Crippen LogP contribution in [0.1, 0.15) is 12.0 Å². The maximum atomic E-state index is 13.0. The summed E-state index contributed by atoms with van der Waals surface area (Å²) in [5, 5.41) is 2.71. The number of carbonyl (C=O) groups excluding carboxylic acids is 1. The lowest BCUT2D eigenvalue weighted by atomic mass is 10.2. The first-order valence-electron chi connectivity index (χ1n) is 7.04. The van der Waals surface area contributed by atoms with Gasteiger partial charge in [-0.1, -0.05) is 36.4 Å². The quantitative estimate of drug-likeness (QED) is 0.835. The van der Waals surface area contributed by atoms with Crippen LogP contribution >= 0.6 is 0 Å². The van der Waals surface area contributed by atoms with Crippen LogP contribution in [0.2, 0.25) is 0 Å². The first-order chi connectivity index (χ1) is 10.1. The summed E-state index contributed by atoms with van der Waals surface area (Å²) in [6.45, 7) is 1.62. The van der Waals surface area contributed by atoms with Gasteiger partial charge in [-0.15, -0.1) is 0 Å². The Hall–Kier alpha value is -2.20. The Morgan fingerprint density at radius 2 is 1.90 bits per heavy atom. The molecule has 1 atom stereocenters. The van der Waals surface area contributed by atoms with Gasteiger partial charge in [-0.2, -0.15) is 0 Å². The molecular weight excluding hydrogens is 267 g/mol. The molecule has 2 aromatic carbocycles. The van der Waals surface area contributed by atoms with Crippen LogP contribution in [-0.2, 0) is 11.3 Å². The highest BCUT2D eigenvalue weighted by Gasteiger charge is 2.08. The summed E-state index contributed by atoms with van der Waals surface area (Å²) >= 11 is 0. The Morgan fingerprint density at radius 1 is 1.14 bits per heavy atom. The van der Waals surface area contributed by atoms with Crippen molar-refractivity contribution in [2.75, 3.05) is 18.9 Å². The molecule has 1 unspecified atom stereocenters. The first-order valence-corrected chi connectivity index (χ1v) is 7.04. The fourth-order valence-corrected chi connectivity index (χ4v) is 2.15. The zero-order chi connectivity index (χ0) is 15.1. The molecule has 0 aromatic heterocycles. The standard InChI is InChI=1S/C17H19FN2O/c1-20(13-14-6-3-2-4-7-14)11-10-17(21)19-16-9-5-8-15(18)12-16/h2-9,12H,10-11,13H2,1H3,(H,19,21)/p+1. The first kappa shape index (κ1) is 15.2. The third-order valence-electron chi connectivity index (χ3n) is 3.24. The van der Waals surface area contributed by atoms with Crippen LogP contribution in [0.4, 0.5) is 10.1 Å². The molecule has 0 radical (unpaired) electrons. The molecule has 0 aliphatic carbocycles. The van der Waals surface area contributed by atoms with E-state index in [1.165, 1.54) is 22.6 Å². The summed E-state index contributed by atoms with van der Waals surface area (Å²) < 4.78 is 13.0. The zero-order valence-corrected chi connectivity index (χ0v) is 12.1. The minimum Gasteiger partial charge on any atom is -0.333 e. The average Bonchev–Trinajstić information content (AvgIpc) is 2.46. The maximum Gasteiger partial charge on any atom is 0.230 e. The van der Waals surface area contributed by atoms with Crippen LogP contribution < -0.4 is 10.2 Å². The highest BCUT2D eigenvalue weighted by atomic mass is 19.1. The predicted molar refractivity (Wildman–Crippen MR) is 81.5 cm³/mol. The Morgan fingerprint density at radius 3 is 2.62 bits per heavy atom. The third kappa shape index (κ3) is 5.36. The average molecular weight is 287 g/mol. The number of quaternary nitrogens is 1. The molecule has 110 valence electrons. The molecule has 2 aromatic rings. The van der Waals surface area contributed by atoms with E-state index in [0.717, 1.165) is 13.1 Å². The summed E-state index contributed by atoms with van der Waals surface area (Å²) in [7, 11) is 2.06. The Bertz CT molecular complexity index is 586. The molecule has 0 aliphatic heterocycles. The van der Waals surface area contributed by atoms with Gasteiger partial charge in [0.15, 0.2) is 0 Å². The number of carbonyl (C=O) groups is 1. The van der Waals surface area contributed by atoms with Crippen molar-refractivity contribution in [2.45, 2.75) is 13.0 Å². The molecule has 2 N–H and O–H groups in total. The number of rotatable bonds is 6. The van der Waals surface area contributed by atoms with Crippen LogP contribution in [0.25, 0.3) is 0 Å². The van der Waals surface area contributed by atoms with Gasteiger partial charge < -0.3 is 10.2 Å². The molecule has 4 heteroatoms. The Labute approximate surface area is 124 Å². The van der Waals surface area contributed by atoms with Crippen LogP contribution in [0.15, 0.2) is 54.6 Å². The molecule has 21 heavy (non-hydrogen) atoms. The molecular formula is C17H20FN2O+. The van der Waals surface area contributed by atoms with E-state index < -0.39 is 0 Å². The van der Waals surface area contributed by atoms with Crippen molar-refractivity contribution in [1.82, 2.24) is 0 Å². The van der Waals surface area contributed by atoms with Crippen molar-refractivity contribution in [3.05, 3.63) is 66.0 Å². The lowest BCUT2D eigenvalue weighted by molar-refractivity contribution is -0.893. The second kappa shape index (κ2) is 7.55. The van der Waals surface area contributed by atoms with Gasteiger partial charge >= 0.3 is 0 Å². The summed E-state index contributed by atoms with van der Waals surface area (Å²) in [5.41, 5.74) is 1.75. The van der Waals surface area contributed by atoms with Crippen molar-refractivity contribution >= 4 is 11.6 Å². The SMILES string of the molecule is C[NH+](CCC(=O)Nc1cccc(F)c1)Cc1ccccc1. The van der Waals surface area contributed by atoms with Gasteiger partial charge in [-0.05, 0) is 18.2 Å². The molecule has 0 saturated heterocycles. The summed E-state index contributed by atoms with van der Waals surface area (Å²) in [6, 6.07) is 16.1. The number of nitrogens with one attached hydrogen (secondary N) is 2. The monoisotopic (exact) mass is 287 g/mol. The molecule has 0 heterocycles. The van der Waals surface area contributed by atoms with E-state index in [-0.39, 0.29) is 11.7 Å². The number of halogens is 1. The second-order valence-electron chi connectivity index (χ2n) is 5.18. The predicted octanol–water partition coefficient (Wildman–Crippen LogP) is 1.87. The van der Waals surface area contributed by atoms with Crippen molar-refractivity contribution in [2.24, 2.45) is 0 Å². The largest absolute Gasteiger partial charge is 0.333 e.